The van der Waals surface area contributed by atoms with Gasteiger partial charge in [0.1, 0.15) is 5.82 Å². The van der Waals surface area contributed by atoms with E-state index in [1.165, 1.54) is 6.07 Å². The van der Waals surface area contributed by atoms with Gasteiger partial charge in [-0.25, -0.2) is 4.39 Å². The minimum atomic E-state index is -0.213. The molecule has 0 amide bonds. The zero-order valence-corrected chi connectivity index (χ0v) is 13.3. The molecule has 0 saturated heterocycles. The molecule has 1 unspecified atom stereocenters. The standard InChI is InChI=1S/C15H15ClFN3S/c1-3-18-14(15-11(16)8-19-20(15)2)13-6-9-4-5-10(17)7-12(9)21-13/h4-8,14,18H,3H2,1-2H3. The van der Waals surface area contributed by atoms with Crippen LogP contribution in [0.2, 0.25) is 5.02 Å². The predicted octanol–water partition coefficient (Wildman–Crippen LogP) is 4.13. The first-order chi connectivity index (χ1) is 10.1. The Morgan fingerprint density at radius 1 is 1.43 bits per heavy atom. The van der Waals surface area contributed by atoms with Gasteiger partial charge < -0.3 is 5.32 Å². The Balaban J connectivity index is 2.11. The Morgan fingerprint density at radius 2 is 2.24 bits per heavy atom. The van der Waals surface area contributed by atoms with Crippen LogP contribution in [0.4, 0.5) is 4.39 Å². The van der Waals surface area contributed by atoms with E-state index in [4.69, 9.17) is 11.6 Å². The number of hydrogen-bond acceptors (Lipinski definition) is 3. The molecular formula is C15H15ClFN3S. The molecule has 0 saturated carbocycles. The van der Waals surface area contributed by atoms with Gasteiger partial charge in [-0.2, -0.15) is 5.10 Å². The summed E-state index contributed by atoms with van der Waals surface area (Å²) in [5, 5.41) is 9.30. The van der Waals surface area contributed by atoms with Gasteiger partial charge >= 0.3 is 0 Å². The minimum Gasteiger partial charge on any atom is -0.305 e. The fraction of sp³-hybridized carbons (Fsp3) is 0.267. The van der Waals surface area contributed by atoms with Crippen LogP contribution in [0.3, 0.4) is 0 Å². The SMILES string of the molecule is CCNC(c1cc2ccc(F)cc2s1)c1c(Cl)cnn1C. The highest BCUT2D eigenvalue weighted by atomic mass is 35.5. The summed E-state index contributed by atoms with van der Waals surface area (Å²) in [4.78, 5) is 1.10. The highest BCUT2D eigenvalue weighted by Gasteiger charge is 2.22. The summed E-state index contributed by atoms with van der Waals surface area (Å²) in [5.74, 6) is -0.213. The number of aryl methyl sites for hydroxylation is 1. The molecule has 3 aromatic rings. The number of thiophene rings is 1. The quantitative estimate of drug-likeness (QED) is 0.782. The molecule has 21 heavy (non-hydrogen) atoms. The molecular weight excluding hydrogens is 309 g/mol. The Kier molecular flexibility index (Phi) is 3.97. The lowest BCUT2D eigenvalue weighted by Crippen LogP contribution is -2.23. The maximum Gasteiger partial charge on any atom is 0.124 e. The van der Waals surface area contributed by atoms with E-state index in [1.807, 2.05) is 14.0 Å². The third-order valence-electron chi connectivity index (χ3n) is 3.41. The topological polar surface area (TPSA) is 29.9 Å². The Bertz CT molecular complexity index is 761. The van der Waals surface area contributed by atoms with Crippen molar-refractivity contribution in [3.05, 3.63) is 51.9 Å². The molecule has 0 aliphatic carbocycles. The predicted molar refractivity (Wildman–Crippen MR) is 85.5 cm³/mol. The summed E-state index contributed by atoms with van der Waals surface area (Å²) < 4.78 is 16.1. The molecule has 2 heterocycles. The zero-order valence-electron chi connectivity index (χ0n) is 11.7. The number of rotatable bonds is 4. The smallest absolute Gasteiger partial charge is 0.124 e. The molecule has 6 heteroatoms. The van der Waals surface area contributed by atoms with Crippen LogP contribution in [0.5, 0.6) is 0 Å². The Labute approximate surface area is 131 Å². The first-order valence-corrected chi connectivity index (χ1v) is 7.89. The first kappa shape index (κ1) is 14.5. The maximum absolute atomic E-state index is 13.4. The average molecular weight is 324 g/mol. The molecule has 1 N–H and O–H groups in total. The molecule has 0 radical (unpaired) electrons. The molecule has 1 aromatic carbocycles. The van der Waals surface area contributed by atoms with Crippen LogP contribution in [0, 0.1) is 5.82 Å². The van der Waals surface area contributed by atoms with Crippen molar-refractivity contribution in [2.45, 2.75) is 13.0 Å². The van der Waals surface area contributed by atoms with Crippen LogP contribution in [-0.2, 0) is 7.05 Å². The highest BCUT2D eigenvalue weighted by Crippen LogP contribution is 2.35. The van der Waals surface area contributed by atoms with Crippen molar-refractivity contribution in [1.82, 2.24) is 15.1 Å². The molecule has 1 atom stereocenters. The number of halogens is 2. The van der Waals surface area contributed by atoms with Crippen LogP contribution in [0.15, 0.2) is 30.5 Å². The maximum atomic E-state index is 13.4. The van der Waals surface area contributed by atoms with Gasteiger partial charge in [0.05, 0.1) is 23.0 Å². The van der Waals surface area contributed by atoms with Crippen molar-refractivity contribution in [3.63, 3.8) is 0 Å². The van der Waals surface area contributed by atoms with E-state index in [2.05, 4.69) is 16.5 Å². The summed E-state index contributed by atoms with van der Waals surface area (Å²) in [7, 11) is 1.87. The van der Waals surface area contributed by atoms with Gasteiger partial charge in [-0.05, 0) is 30.1 Å². The van der Waals surface area contributed by atoms with Crippen molar-refractivity contribution in [3.8, 4) is 0 Å². The normalized spacial score (nSPS) is 13.0. The van der Waals surface area contributed by atoms with E-state index in [9.17, 15) is 4.39 Å². The van der Waals surface area contributed by atoms with Crippen LogP contribution >= 0.6 is 22.9 Å². The Hall–Kier alpha value is -1.43. The van der Waals surface area contributed by atoms with Crippen molar-refractivity contribution in [2.24, 2.45) is 7.05 Å². The lowest BCUT2D eigenvalue weighted by molar-refractivity contribution is 0.579. The lowest BCUT2D eigenvalue weighted by atomic mass is 10.1. The molecule has 0 bridgehead atoms. The van der Waals surface area contributed by atoms with E-state index in [0.717, 1.165) is 27.2 Å². The van der Waals surface area contributed by atoms with Crippen LogP contribution < -0.4 is 5.32 Å². The number of fused-ring (bicyclic) bond motifs is 1. The van der Waals surface area contributed by atoms with Gasteiger partial charge in [0.25, 0.3) is 0 Å². The van der Waals surface area contributed by atoms with Gasteiger partial charge in [-0.1, -0.05) is 24.6 Å². The van der Waals surface area contributed by atoms with Crippen molar-refractivity contribution >= 4 is 33.0 Å². The molecule has 3 nitrogen and oxygen atoms in total. The second kappa shape index (κ2) is 5.75. The van der Waals surface area contributed by atoms with E-state index in [0.29, 0.717) is 5.02 Å². The van der Waals surface area contributed by atoms with Gasteiger partial charge in [0, 0.05) is 16.6 Å². The van der Waals surface area contributed by atoms with Crippen LogP contribution in [0.25, 0.3) is 10.1 Å². The van der Waals surface area contributed by atoms with E-state index < -0.39 is 0 Å². The molecule has 0 fully saturated rings. The third kappa shape index (κ3) is 2.69. The Morgan fingerprint density at radius 3 is 2.90 bits per heavy atom. The molecule has 110 valence electrons. The van der Waals surface area contributed by atoms with Crippen molar-refractivity contribution in [1.29, 1.82) is 0 Å². The number of aromatic nitrogens is 2. The number of nitrogens with zero attached hydrogens (tertiary/aromatic N) is 2. The van der Waals surface area contributed by atoms with Crippen molar-refractivity contribution < 1.29 is 4.39 Å². The monoisotopic (exact) mass is 323 g/mol. The largest absolute Gasteiger partial charge is 0.305 e. The van der Waals surface area contributed by atoms with Gasteiger partial charge in [0.15, 0.2) is 0 Å². The van der Waals surface area contributed by atoms with Gasteiger partial charge in [-0.15, -0.1) is 11.3 Å². The molecule has 0 aliphatic heterocycles. The number of benzene rings is 1. The molecule has 0 aliphatic rings. The van der Waals surface area contributed by atoms with E-state index >= 15 is 0 Å². The average Bonchev–Trinajstić information content (AvgIpc) is 3.00. The highest BCUT2D eigenvalue weighted by molar-refractivity contribution is 7.19. The van der Waals surface area contributed by atoms with Crippen LogP contribution in [0.1, 0.15) is 23.5 Å². The summed E-state index contributed by atoms with van der Waals surface area (Å²) in [6.45, 7) is 2.85. The summed E-state index contributed by atoms with van der Waals surface area (Å²) in [5.41, 5.74) is 0.922. The second-order valence-corrected chi connectivity index (χ2v) is 6.35. The molecule has 0 spiro atoms. The molecule has 2 aromatic heterocycles. The number of hydrogen-bond donors (Lipinski definition) is 1. The number of nitrogens with one attached hydrogen (secondary N) is 1. The summed E-state index contributed by atoms with van der Waals surface area (Å²) in [6, 6.07) is 6.89. The summed E-state index contributed by atoms with van der Waals surface area (Å²) in [6.07, 6.45) is 1.65. The fourth-order valence-electron chi connectivity index (χ4n) is 2.45. The minimum absolute atomic E-state index is 0.0459. The second-order valence-electron chi connectivity index (χ2n) is 4.82. The fourth-order valence-corrected chi connectivity index (χ4v) is 3.89. The lowest BCUT2D eigenvalue weighted by Gasteiger charge is -2.17. The zero-order chi connectivity index (χ0) is 15.0. The van der Waals surface area contributed by atoms with Crippen molar-refractivity contribution in [2.75, 3.05) is 6.54 Å². The third-order valence-corrected chi connectivity index (χ3v) is 4.86. The van der Waals surface area contributed by atoms with Crippen LogP contribution in [-0.4, -0.2) is 16.3 Å². The first-order valence-electron chi connectivity index (χ1n) is 6.70. The molecule has 3 rings (SSSR count). The van der Waals surface area contributed by atoms with E-state index in [-0.39, 0.29) is 11.9 Å². The van der Waals surface area contributed by atoms with Gasteiger partial charge in [0.2, 0.25) is 0 Å². The van der Waals surface area contributed by atoms with E-state index in [1.54, 1.807) is 34.3 Å². The summed E-state index contributed by atoms with van der Waals surface area (Å²) >= 11 is 7.84. The van der Waals surface area contributed by atoms with Gasteiger partial charge in [-0.3, -0.25) is 4.68 Å².